The van der Waals surface area contributed by atoms with Crippen LogP contribution in [0.2, 0.25) is 0 Å². The van der Waals surface area contributed by atoms with Gasteiger partial charge in [-0.1, -0.05) is 18.2 Å². The zero-order valence-corrected chi connectivity index (χ0v) is 10.1. The molecule has 0 aliphatic rings. The molecule has 0 unspecified atom stereocenters. The van der Waals surface area contributed by atoms with Gasteiger partial charge in [0.25, 0.3) is 0 Å². The first-order valence-electron chi connectivity index (χ1n) is 5.67. The van der Waals surface area contributed by atoms with Gasteiger partial charge in [0.15, 0.2) is 0 Å². The molecular formula is C14H16N2O. The summed E-state index contributed by atoms with van der Waals surface area (Å²) < 4.78 is 0. The van der Waals surface area contributed by atoms with E-state index in [1.165, 1.54) is 16.7 Å². The molecule has 0 fully saturated rings. The van der Waals surface area contributed by atoms with Gasteiger partial charge in [0.2, 0.25) is 0 Å². The molecule has 0 atom stereocenters. The van der Waals surface area contributed by atoms with E-state index in [4.69, 9.17) is 5.11 Å². The molecule has 3 heteroatoms. The van der Waals surface area contributed by atoms with Crippen molar-refractivity contribution in [1.29, 1.82) is 0 Å². The van der Waals surface area contributed by atoms with Gasteiger partial charge >= 0.3 is 0 Å². The Labute approximate surface area is 101 Å². The molecule has 0 radical (unpaired) electrons. The molecule has 0 saturated carbocycles. The van der Waals surface area contributed by atoms with Crippen LogP contribution in [-0.2, 0) is 13.0 Å². The highest BCUT2D eigenvalue weighted by atomic mass is 16.3. The lowest BCUT2D eigenvalue weighted by Gasteiger charge is -2.05. The first-order chi connectivity index (χ1) is 8.19. The molecule has 0 amide bonds. The number of aliphatic hydroxyl groups is 1. The van der Waals surface area contributed by atoms with Crippen molar-refractivity contribution in [2.24, 2.45) is 0 Å². The number of nitrogens with zero attached hydrogens (tertiary/aromatic N) is 2. The van der Waals surface area contributed by atoms with E-state index < -0.39 is 0 Å². The Morgan fingerprint density at radius 3 is 2.65 bits per heavy atom. The van der Waals surface area contributed by atoms with Gasteiger partial charge in [0.05, 0.1) is 12.3 Å². The fourth-order valence-corrected chi connectivity index (χ4v) is 1.71. The van der Waals surface area contributed by atoms with Crippen LogP contribution in [0.3, 0.4) is 0 Å². The van der Waals surface area contributed by atoms with Crippen LogP contribution in [0.5, 0.6) is 0 Å². The van der Waals surface area contributed by atoms with Gasteiger partial charge < -0.3 is 5.11 Å². The molecule has 0 spiro atoms. The minimum atomic E-state index is -0.0392. The van der Waals surface area contributed by atoms with Crippen LogP contribution in [0, 0.1) is 13.8 Å². The molecule has 1 aromatic heterocycles. The van der Waals surface area contributed by atoms with Crippen LogP contribution in [0.4, 0.5) is 0 Å². The molecule has 3 nitrogen and oxygen atoms in total. The van der Waals surface area contributed by atoms with Gasteiger partial charge in [0.1, 0.15) is 5.82 Å². The fraction of sp³-hybridized carbons (Fsp3) is 0.286. The van der Waals surface area contributed by atoms with E-state index in [0.717, 1.165) is 5.82 Å². The summed E-state index contributed by atoms with van der Waals surface area (Å²) in [5.74, 6) is 0.750. The van der Waals surface area contributed by atoms with E-state index in [1.54, 1.807) is 12.3 Å². The van der Waals surface area contributed by atoms with Gasteiger partial charge in [-0.05, 0) is 36.6 Å². The minimum absolute atomic E-state index is 0.0392. The molecular weight excluding hydrogens is 212 g/mol. The zero-order chi connectivity index (χ0) is 12.3. The van der Waals surface area contributed by atoms with Crippen LogP contribution in [-0.4, -0.2) is 15.1 Å². The quantitative estimate of drug-likeness (QED) is 0.875. The maximum absolute atomic E-state index is 9.02. The van der Waals surface area contributed by atoms with Gasteiger partial charge in [-0.25, -0.2) is 9.97 Å². The van der Waals surface area contributed by atoms with Crippen molar-refractivity contribution < 1.29 is 5.11 Å². The van der Waals surface area contributed by atoms with Crippen LogP contribution >= 0.6 is 0 Å². The lowest BCUT2D eigenvalue weighted by atomic mass is 10.0. The number of benzene rings is 1. The largest absolute Gasteiger partial charge is 0.390 e. The van der Waals surface area contributed by atoms with Crippen LogP contribution in [0.1, 0.15) is 28.2 Å². The Hall–Kier alpha value is -1.74. The third-order valence-corrected chi connectivity index (χ3v) is 2.86. The van der Waals surface area contributed by atoms with E-state index in [0.29, 0.717) is 12.1 Å². The van der Waals surface area contributed by atoms with Gasteiger partial charge in [-0.15, -0.1) is 0 Å². The van der Waals surface area contributed by atoms with Crippen molar-refractivity contribution in [3.63, 3.8) is 0 Å². The van der Waals surface area contributed by atoms with E-state index in [1.807, 2.05) is 0 Å². The Kier molecular flexibility index (Phi) is 3.49. The minimum Gasteiger partial charge on any atom is -0.390 e. The second-order valence-electron chi connectivity index (χ2n) is 4.22. The Morgan fingerprint density at radius 2 is 1.94 bits per heavy atom. The predicted octanol–water partition coefficient (Wildman–Crippen LogP) is 2.18. The van der Waals surface area contributed by atoms with Crippen LogP contribution in [0.15, 0.2) is 30.5 Å². The second-order valence-corrected chi connectivity index (χ2v) is 4.22. The van der Waals surface area contributed by atoms with Gasteiger partial charge in [0, 0.05) is 12.6 Å². The molecule has 2 rings (SSSR count). The van der Waals surface area contributed by atoms with Crippen LogP contribution in [0.25, 0.3) is 0 Å². The molecule has 17 heavy (non-hydrogen) atoms. The average Bonchev–Trinajstić information content (AvgIpc) is 2.34. The normalized spacial score (nSPS) is 10.5. The van der Waals surface area contributed by atoms with Crippen molar-refractivity contribution in [3.8, 4) is 0 Å². The Balaban J connectivity index is 2.22. The molecule has 1 aromatic carbocycles. The monoisotopic (exact) mass is 228 g/mol. The summed E-state index contributed by atoms with van der Waals surface area (Å²) in [6.45, 7) is 4.16. The SMILES string of the molecule is Cc1ccc(Cc2nccc(CO)n2)cc1C. The maximum Gasteiger partial charge on any atom is 0.132 e. The first kappa shape index (κ1) is 11.7. The molecule has 0 bridgehead atoms. The van der Waals surface area contributed by atoms with Crippen molar-refractivity contribution in [2.45, 2.75) is 26.9 Å². The first-order valence-corrected chi connectivity index (χ1v) is 5.67. The second kappa shape index (κ2) is 5.06. The van der Waals surface area contributed by atoms with E-state index in [9.17, 15) is 0 Å². The molecule has 2 aromatic rings. The van der Waals surface area contributed by atoms with Crippen molar-refractivity contribution in [2.75, 3.05) is 0 Å². The standard InChI is InChI=1S/C14H16N2O/c1-10-3-4-12(7-11(10)2)8-14-15-6-5-13(9-17)16-14/h3-7,17H,8-9H2,1-2H3. The Morgan fingerprint density at radius 1 is 1.12 bits per heavy atom. The summed E-state index contributed by atoms with van der Waals surface area (Å²) >= 11 is 0. The highest BCUT2D eigenvalue weighted by Crippen LogP contribution is 2.12. The number of aryl methyl sites for hydroxylation is 2. The van der Waals surface area contributed by atoms with Crippen molar-refractivity contribution >= 4 is 0 Å². The lowest BCUT2D eigenvalue weighted by Crippen LogP contribution is -2.00. The summed E-state index contributed by atoms with van der Waals surface area (Å²) in [5.41, 5.74) is 4.43. The number of aromatic nitrogens is 2. The smallest absolute Gasteiger partial charge is 0.132 e. The average molecular weight is 228 g/mol. The van der Waals surface area contributed by atoms with E-state index in [-0.39, 0.29) is 6.61 Å². The molecule has 0 aliphatic carbocycles. The number of hydrogen-bond donors (Lipinski definition) is 1. The summed E-state index contributed by atoms with van der Waals surface area (Å²) in [6, 6.07) is 8.09. The van der Waals surface area contributed by atoms with E-state index >= 15 is 0 Å². The molecule has 1 heterocycles. The molecule has 0 aliphatic heterocycles. The highest BCUT2D eigenvalue weighted by molar-refractivity contribution is 5.31. The summed E-state index contributed by atoms with van der Waals surface area (Å²) in [7, 11) is 0. The van der Waals surface area contributed by atoms with Gasteiger partial charge in [-0.3, -0.25) is 0 Å². The predicted molar refractivity (Wildman–Crippen MR) is 66.7 cm³/mol. The van der Waals surface area contributed by atoms with E-state index in [2.05, 4.69) is 42.0 Å². The zero-order valence-electron chi connectivity index (χ0n) is 10.1. The summed E-state index contributed by atoms with van der Waals surface area (Å²) in [4.78, 5) is 8.49. The third-order valence-electron chi connectivity index (χ3n) is 2.86. The third kappa shape index (κ3) is 2.88. The molecule has 0 saturated heterocycles. The highest BCUT2D eigenvalue weighted by Gasteiger charge is 2.02. The number of hydrogen-bond acceptors (Lipinski definition) is 3. The Bertz CT molecular complexity index is 523. The lowest BCUT2D eigenvalue weighted by molar-refractivity contribution is 0.276. The topological polar surface area (TPSA) is 46.0 Å². The molecule has 88 valence electrons. The van der Waals surface area contributed by atoms with Gasteiger partial charge in [-0.2, -0.15) is 0 Å². The number of aliphatic hydroxyl groups excluding tert-OH is 1. The van der Waals surface area contributed by atoms with Crippen molar-refractivity contribution in [3.05, 3.63) is 58.7 Å². The van der Waals surface area contributed by atoms with Crippen molar-refractivity contribution in [1.82, 2.24) is 9.97 Å². The maximum atomic E-state index is 9.02. The summed E-state index contributed by atoms with van der Waals surface area (Å²) in [5, 5.41) is 9.02. The van der Waals surface area contributed by atoms with Crippen LogP contribution < -0.4 is 0 Å². The number of rotatable bonds is 3. The molecule has 1 N–H and O–H groups in total. The fourth-order valence-electron chi connectivity index (χ4n) is 1.71. The summed E-state index contributed by atoms with van der Waals surface area (Å²) in [6.07, 6.45) is 2.39.